The molecular weight excluding hydrogens is 374 g/mol. The Labute approximate surface area is 170 Å². The van der Waals surface area contributed by atoms with Crippen LogP contribution in [0.4, 0.5) is 0 Å². The van der Waals surface area contributed by atoms with Gasteiger partial charge >= 0.3 is 5.97 Å². The maximum atomic E-state index is 12.6. The lowest BCUT2D eigenvalue weighted by atomic mass is 10.0. The van der Waals surface area contributed by atoms with Crippen LogP contribution in [-0.4, -0.2) is 40.3 Å². The molecule has 2 aromatic rings. The van der Waals surface area contributed by atoms with E-state index in [0.717, 1.165) is 11.1 Å². The number of rotatable bonds is 10. The first-order valence-electron chi connectivity index (χ1n) is 9.22. The second kappa shape index (κ2) is 10.9. The first kappa shape index (κ1) is 22.1. The zero-order valence-corrected chi connectivity index (χ0v) is 17.2. The van der Waals surface area contributed by atoms with E-state index in [1.54, 1.807) is 39.5 Å². The minimum Gasteiger partial charge on any atom is -0.497 e. The summed E-state index contributed by atoms with van der Waals surface area (Å²) in [4.78, 5) is 24.4. The molecule has 0 aliphatic heterocycles. The summed E-state index contributed by atoms with van der Waals surface area (Å²) in [5.74, 6) is 1.35. The molecule has 1 N–H and O–H groups in total. The van der Waals surface area contributed by atoms with E-state index >= 15 is 0 Å². The smallest absolute Gasteiger partial charge is 0.307 e. The number of para-hydroxylation sites is 1. The standard InChI is InChI=1S/C22H27NO6/c1-26-17-11-8-15(9-12-17)18(14-21(25)28-3)23-20(24)13-10-16-6-5-7-19(27-2)22(16)29-4/h5-9,11-12,18H,10,13-14H2,1-4H3,(H,23,24). The van der Waals surface area contributed by atoms with Crippen molar-refractivity contribution in [3.8, 4) is 17.2 Å². The van der Waals surface area contributed by atoms with Gasteiger partial charge in [-0.1, -0.05) is 24.3 Å². The Morgan fingerprint density at radius 1 is 0.931 bits per heavy atom. The van der Waals surface area contributed by atoms with Crippen LogP contribution in [-0.2, 0) is 20.7 Å². The van der Waals surface area contributed by atoms with Crippen LogP contribution in [0.2, 0.25) is 0 Å². The molecule has 1 unspecified atom stereocenters. The second-order valence-electron chi connectivity index (χ2n) is 6.33. The van der Waals surface area contributed by atoms with Gasteiger partial charge in [0.15, 0.2) is 11.5 Å². The molecule has 0 radical (unpaired) electrons. The Morgan fingerprint density at radius 3 is 2.24 bits per heavy atom. The highest BCUT2D eigenvalue weighted by molar-refractivity contribution is 5.78. The van der Waals surface area contributed by atoms with Gasteiger partial charge in [0.1, 0.15) is 5.75 Å². The first-order valence-corrected chi connectivity index (χ1v) is 9.22. The van der Waals surface area contributed by atoms with E-state index in [1.165, 1.54) is 7.11 Å². The van der Waals surface area contributed by atoms with E-state index in [4.69, 9.17) is 18.9 Å². The fourth-order valence-electron chi connectivity index (χ4n) is 3.00. The molecule has 0 heterocycles. The van der Waals surface area contributed by atoms with Crippen molar-refractivity contribution >= 4 is 11.9 Å². The molecule has 0 saturated heterocycles. The normalized spacial score (nSPS) is 11.3. The largest absolute Gasteiger partial charge is 0.497 e. The molecular formula is C22H27NO6. The SMILES string of the molecule is COC(=O)CC(NC(=O)CCc1cccc(OC)c1OC)c1ccc(OC)cc1. The van der Waals surface area contributed by atoms with Gasteiger partial charge in [-0.3, -0.25) is 9.59 Å². The monoisotopic (exact) mass is 401 g/mol. The number of hydrogen-bond donors (Lipinski definition) is 1. The summed E-state index contributed by atoms with van der Waals surface area (Å²) in [5.41, 5.74) is 1.67. The van der Waals surface area contributed by atoms with Crippen LogP contribution in [0.1, 0.15) is 30.0 Å². The Bertz CT molecular complexity index is 819. The number of hydrogen-bond acceptors (Lipinski definition) is 6. The molecule has 0 aliphatic carbocycles. The molecule has 0 bridgehead atoms. The van der Waals surface area contributed by atoms with E-state index in [2.05, 4.69) is 5.32 Å². The van der Waals surface area contributed by atoms with Gasteiger partial charge in [-0.2, -0.15) is 0 Å². The third-order valence-corrected chi connectivity index (χ3v) is 4.56. The lowest BCUT2D eigenvalue weighted by Crippen LogP contribution is -2.30. The van der Waals surface area contributed by atoms with Gasteiger partial charge in [-0.15, -0.1) is 0 Å². The number of carbonyl (C=O) groups is 2. The summed E-state index contributed by atoms with van der Waals surface area (Å²) in [5, 5.41) is 2.92. The van der Waals surface area contributed by atoms with Crippen molar-refractivity contribution < 1.29 is 28.5 Å². The van der Waals surface area contributed by atoms with Crippen molar-refractivity contribution in [3.05, 3.63) is 53.6 Å². The average molecular weight is 401 g/mol. The first-order chi connectivity index (χ1) is 14.0. The lowest BCUT2D eigenvalue weighted by molar-refractivity contribution is -0.141. The molecule has 0 aliphatic rings. The van der Waals surface area contributed by atoms with Crippen LogP contribution in [0, 0.1) is 0 Å². The van der Waals surface area contributed by atoms with Crippen LogP contribution >= 0.6 is 0 Å². The number of carbonyl (C=O) groups excluding carboxylic acids is 2. The zero-order chi connectivity index (χ0) is 21.2. The number of nitrogens with one attached hydrogen (secondary N) is 1. The van der Waals surface area contributed by atoms with Crippen molar-refractivity contribution in [2.75, 3.05) is 28.4 Å². The summed E-state index contributed by atoms with van der Waals surface area (Å²) in [6, 6.07) is 12.3. The Morgan fingerprint density at radius 2 is 1.66 bits per heavy atom. The van der Waals surface area contributed by atoms with E-state index in [9.17, 15) is 9.59 Å². The number of esters is 1. The van der Waals surface area contributed by atoms with E-state index < -0.39 is 12.0 Å². The highest BCUT2D eigenvalue weighted by Crippen LogP contribution is 2.31. The van der Waals surface area contributed by atoms with Crippen molar-refractivity contribution in [1.82, 2.24) is 5.32 Å². The Balaban J connectivity index is 2.08. The summed E-state index contributed by atoms with van der Waals surface area (Å²) in [6.45, 7) is 0. The highest BCUT2D eigenvalue weighted by Gasteiger charge is 2.20. The van der Waals surface area contributed by atoms with Gasteiger partial charge in [0.25, 0.3) is 0 Å². The molecule has 1 atom stereocenters. The van der Waals surface area contributed by atoms with Gasteiger partial charge < -0.3 is 24.3 Å². The quantitative estimate of drug-likeness (QED) is 0.616. The van der Waals surface area contributed by atoms with Crippen LogP contribution in [0.25, 0.3) is 0 Å². The maximum Gasteiger partial charge on any atom is 0.307 e. The maximum absolute atomic E-state index is 12.6. The predicted octanol–water partition coefficient (Wildman–Crippen LogP) is 3.07. The minimum absolute atomic E-state index is 0.0387. The van der Waals surface area contributed by atoms with Crippen LogP contribution in [0.15, 0.2) is 42.5 Å². The topological polar surface area (TPSA) is 83.1 Å². The molecule has 1 amide bonds. The van der Waals surface area contributed by atoms with E-state index in [1.807, 2.05) is 24.3 Å². The molecule has 0 fully saturated rings. The van der Waals surface area contributed by atoms with Crippen molar-refractivity contribution in [2.45, 2.75) is 25.3 Å². The molecule has 7 nitrogen and oxygen atoms in total. The third-order valence-electron chi connectivity index (χ3n) is 4.56. The fraction of sp³-hybridized carbons (Fsp3) is 0.364. The number of aryl methyl sites for hydroxylation is 1. The van der Waals surface area contributed by atoms with Gasteiger partial charge in [-0.05, 0) is 35.7 Å². The number of ether oxygens (including phenoxy) is 4. The van der Waals surface area contributed by atoms with Crippen molar-refractivity contribution in [3.63, 3.8) is 0 Å². The molecule has 2 aromatic carbocycles. The molecule has 29 heavy (non-hydrogen) atoms. The van der Waals surface area contributed by atoms with Gasteiger partial charge in [-0.25, -0.2) is 0 Å². The number of methoxy groups -OCH3 is 4. The molecule has 0 spiro atoms. The fourth-order valence-corrected chi connectivity index (χ4v) is 3.00. The molecule has 2 rings (SSSR count). The summed E-state index contributed by atoms with van der Waals surface area (Å²) < 4.78 is 20.6. The van der Waals surface area contributed by atoms with Crippen LogP contribution in [0.3, 0.4) is 0 Å². The van der Waals surface area contributed by atoms with Crippen LogP contribution < -0.4 is 19.5 Å². The summed E-state index contributed by atoms with van der Waals surface area (Å²) in [7, 11) is 6.04. The zero-order valence-electron chi connectivity index (χ0n) is 17.2. The third kappa shape index (κ3) is 6.14. The Hall–Kier alpha value is -3.22. The number of amides is 1. The second-order valence-corrected chi connectivity index (χ2v) is 6.33. The van der Waals surface area contributed by atoms with Gasteiger partial charge in [0.2, 0.25) is 5.91 Å². The van der Waals surface area contributed by atoms with Crippen LogP contribution in [0.5, 0.6) is 17.2 Å². The van der Waals surface area contributed by atoms with Gasteiger partial charge in [0.05, 0.1) is 40.9 Å². The molecule has 0 aromatic heterocycles. The predicted molar refractivity (Wildman–Crippen MR) is 108 cm³/mol. The minimum atomic E-state index is -0.493. The average Bonchev–Trinajstić information content (AvgIpc) is 2.76. The summed E-state index contributed by atoms with van der Waals surface area (Å²) in [6.07, 6.45) is 0.744. The van der Waals surface area contributed by atoms with E-state index in [-0.39, 0.29) is 18.7 Å². The van der Waals surface area contributed by atoms with Gasteiger partial charge in [0, 0.05) is 6.42 Å². The van der Waals surface area contributed by atoms with Crippen molar-refractivity contribution in [2.24, 2.45) is 0 Å². The Kier molecular flexibility index (Phi) is 8.33. The molecule has 0 saturated carbocycles. The lowest BCUT2D eigenvalue weighted by Gasteiger charge is -2.19. The van der Waals surface area contributed by atoms with E-state index in [0.29, 0.717) is 23.7 Å². The molecule has 156 valence electrons. The van der Waals surface area contributed by atoms with Crippen molar-refractivity contribution in [1.29, 1.82) is 0 Å². The molecule has 7 heteroatoms. The summed E-state index contributed by atoms with van der Waals surface area (Å²) >= 11 is 0. The number of benzene rings is 2. The highest BCUT2D eigenvalue weighted by atomic mass is 16.5.